The molecule has 0 radical (unpaired) electrons. The zero-order chi connectivity index (χ0) is 11.8. The molecule has 5 heteroatoms. The molecule has 2 N–H and O–H groups in total. The molecule has 17 heavy (non-hydrogen) atoms. The van der Waals surface area contributed by atoms with Crippen LogP contribution < -0.4 is 5.73 Å². The van der Waals surface area contributed by atoms with Crippen LogP contribution in [0.25, 0.3) is 0 Å². The monoisotopic (exact) mass is 248 g/mol. The smallest absolute Gasteiger partial charge is 0.169 e. The van der Waals surface area contributed by atoms with E-state index in [9.17, 15) is 0 Å². The first-order chi connectivity index (χ1) is 8.24. The van der Waals surface area contributed by atoms with Crippen LogP contribution in [-0.4, -0.2) is 15.0 Å². The molecular weight excluding hydrogens is 236 g/mol. The van der Waals surface area contributed by atoms with E-state index in [0.29, 0.717) is 18.3 Å². The number of halogens is 1. The fraction of sp³-hybridized carbons (Fsp3) is 0.333. The molecule has 1 aromatic carbocycles. The second-order valence-electron chi connectivity index (χ2n) is 4.42. The molecule has 88 valence electrons. The van der Waals surface area contributed by atoms with Gasteiger partial charge in [0.1, 0.15) is 0 Å². The number of nitrogens with two attached hydrogens (primary N) is 1. The molecule has 0 bridgehead atoms. The standard InChI is InChI=1S/C12H13ClN4/c13-10-3-1-2-8(6-10)7-17-11(9-4-5-9)12(14)15-16-17/h1-3,6,9H,4-5,7,14H2. The Morgan fingerprint density at radius 3 is 2.94 bits per heavy atom. The van der Waals surface area contributed by atoms with Gasteiger partial charge in [0.25, 0.3) is 0 Å². The van der Waals surface area contributed by atoms with Gasteiger partial charge in [-0.1, -0.05) is 28.9 Å². The summed E-state index contributed by atoms with van der Waals surface area (Å²) in [5.74, 6) is 1.11. The average Bonchev–Trinajstić information content (AvgIpc) is 3.05. The topological polar surface area (TPSA) is 56.7 Å². The van der Waals surface area contributed by atoms with Crippen LogP contribution in [0, 0.1) is 0 Å². The highest BCUT2D eigenvalue weighted by Gasteiger charge is 2.30. The zero-order valence-corrected chi connectivity index (χ0v) is 10.1. The number of benzene rings is 1. The van der Waals surface area contributed by atoms with Crippen LogP contribution in [0.2, 0.25) is 5.02 Å². The number of rotatable bonds is 3. The second kappa shape index (κ2) is 4.04. The average molecular weight is 249 g/mol. The third-order valence-electron chi connectivity index (χ3n) is 2.99. The molecule has 0 atom stereocenters. The van der Waals surface area contributed by atoms with Crippen molar-refractivity contribution >= 4 is 17.4 Å². The van der Waals surface area contributed by atoms with Gasteiger partial charge >= 0.3 is 0 Å². The minimum atomic E-state index is 0.546. The van der Waals surface area contributed by atoms with E-state index < -0.39 is 0 Å². The molecule has 3 rings (SSSR count). The maximum Gasteiger partial charge on any atom is 0.169 e. The molecule has 1 aromatic heterocycles. The maximum absolute atomic E-state index is 5.96. The van der Waals surface area contributed by atoms with Crippen molar-refractivity contribution in [2.24, 2.45) is 0 Å². The van der Waals surface area contributed by atoms with Crippen LogP contribution in [-0.2, 0) is 6.54 Å². The van der Waals surface area contributed by atoms with Gasteiger partial charge in [-0.05, 0) is 30.5 Å². The van der Waals surface area contributed by atoms with Gasteiger partial charge < -0.3 is 5.73 Å². The Bertz CT molecular complexity index is 545. The molecule has 1 aliphatic carbocycles. The SMILES string of the molecule is Nc1nnn(Cc2cccc(Cl)c2)c1C1CC1. The molecule has 0 amide bonds. The molecule has 0 saturated heterocycles. The Labute approximate surface area is 104 Å². The Balaban J connectivity index is 1.90. The number of anilines is 1. The van der Waals surface area contributed by atoms with Crippen LogP contribution >= 0.6 is 11.6 Å². The molecule has 1 heterocycles. The molecule has 0 aliphatic heterocycles. The fourth-order valence-electron chi connectivity index (χ4n) is 2.04. The van der Waals surface area contributed by atoms with E-state index in [-0.39, 0.29) is 0 Å². The third kappa shape index (κ3) is 2.13. The van der Waals surface area contributed by atoms with Gasteiger partial charge in [-0.3, -0.25) is 0 Å². The Morgan fingerprint density at radius 2 is 2.24 bits per heavy atom. The summed E-state index contributed by atoms with van der Waals surface area (Å²) in [6.45, 7) is 0.677. The molecule has 2 aromatic rings. The Hall–Kier alpha value is -1.55. The quantitative estimate of drug-likeness (QED) is 0.908. The minimum Gasteiger partial charge on any atom is -0.381 e. The lowest BCUT2D eigenvalue weighted by atomic mass is 10.2. The second-order valence-corrected chi connectivity index (χ2v) is 4.86. The van der Waals surface area contributed by atoms with Crippen molar-refractivity contribution in [3.63, 3.8) is 0 Å². The van der Waals surface area contributed by atoms with E-state index in [4.69, 9.17) is 17.3 Å². The first kappa shape index (κ1) is 10.6. The molecular formula is C12H13ClN4. The lowest BCUT2D eigenvalue weighted by Gasteiger charge is -2.06. The van der Waals surface area contributed by atoms with Gasteiger partial charge in [0.15, 0.2) is 5.82 Å². The first-order valence-electron chi connectivity index (χ1n) is 5.67. The summed E-state index contributed by atoms with van der Waals surface area (Å²) in [6.07, 6.45) is 2.38. The summed E-state index contributed by atoms with van der Waals surface area (Å²) in [7, 11) is 0. The Kier molecular flexibility index (Phi) is 2.52. The number of hydrogen-bond acceptors (Lipinski definition) is 3. The summed E-state index contributed by atoms with van der Waals surface area (Å²) in [5, 5.41) is 8.79. The summed E-state index contributed by atoms with van der Waals surface area (Å²) in [4.78, 5) is 0. The van der Waals surface area contributed by atoms with E-state index in [2.05, 4.69) is 10.3 Å². The van der Waals surface area contributed by atoms with E-state index in [1.165, 1.54) is 12.8 Å². The van der Waals surface area contributed by atoms with Crippen molar-refractivity contribution < 1.29 is 0 Å². The fourth-order valence-corrected chi connectivity index (χ4v) is 2.25. The summed E-state index contributed by atoms with van der Waals surface area (Å²) in [6, 6.07) is 7.77. The van der Waals surface area contributed by atoms with Crippen molar-refractivity contribution in [3.8, 4) is 0 Å². The van der Waals surface area contributed by atoms with Gasteiger partial charge in [-0.25, -0.2) is 4.68 Å². The molecule has 0 unspecified atom stereocenters. The van der Waals surface area contributed by atoms with E-state index in [1.54, 1.807) is 0 Å². The normalized spacial score (nSPS) is 15.1. The number of nitrogen functional groups attached to an aromatic ring is 1. The maximum atomic E-state index is 5.96. The largest absolute Gasteiger partial charge is 0.381 e. The summed E-state index contributed by atoms with van der Waals surface area (Å²) < 4.78 is 1.89. The van der Waals surface area contributed by atoms with Gasteiger partial charge in [-0.15, -0.1) is 5.10 Å². The van der Waals surface area contributed by atoms with Crippen molar-refractivity contribution in [2.75, 3.05) is 5.73 Å². The summed E-state index contributed by atoms with van der Waals surface area (Å²) in [5.41, 5.74) is 8.03. The van der Waals surface area contributed by atoms with Crippen LogP contribution in [0.1, 0.15) is 30.0 Å². The number of nitrogens with zero attached hydrogens (tertiary/aromatic N) is 3. The van der Waals surface area contributed by atoms with Crippen molar-refractivity contribution in [1.29, 1.82) is 0 Å². The van der Waals surface area contributed by atoms with Crippen LogP contribution in [0.15, 0.2) is 24.3 Å². The molecule has 1 saturated carbocycles. The van der Waals surface area contributed by atoms with Gasteiger partial charge in [-0.2, -0.15) is 0 Å². The Morgan fingerprint density at radius 1 is 1.41 bits per heavy atom. The van der Waals surface area contributed by atoms with Gasteiger partial charge in [0, 0.05) is 10.9 Å². The predicted molar refractivity (Wildman–Crippen MR) is 67.0 cm³/mol. The number of hydrogen-bond donors (Lipinski definition) is 1. The number of aromatic nitrogens is 3. The van der Waals surface area contributed by atoms with Crippen molar-refractivity contribution in [1.82, 2.24) is 15.0 Å². The van der Waals surface area contributed by atoms with Gasteiger partial charge in [0.05, 0.1) is 12.2 Å². The van der Waals surface area contributed by atoms with Crippen LogP contribution in [0.4, 0.5) is 5.82 Å². The van der Waals surface area contributed by atoms with Crippen LogP contribution in [0.5, 0.6) is 0 Å². The van der Waals surface area contributed by atoms with Crippen molar-refractivity contribution in [2.45, 2.75) is 25.3 Å². The van der Waals surface area contributed by atoms with E-state index >= 15 is 0 Å². The first-order valence-corrected chi connectivity index (χ1v) is 6.05. The van der Waals surface area contributed by atoms with Crippen LogP contribution in [0.3, 0.4) is 0 Å². The molecule has 4 nitrogen and oxygen atoms in total. The zero-order valence-electron chi connectivity index (χ0n) is 9.31. The van der Waals surface area contributed by atoms with Gasteiger partial charge in [0.2, 0.25) is 0 Å². The lowest BCUT2D eigenvalue weighted by molar-refractivity contribution is 0.619. The minimum absolute atomic E-state index is 0.546. The third-order valence-corrected chi connectivity index (χ3v) is 3.22. The molecule has 0 spiro atoms. The molecule has 1 fully saturated rings. The summed E-state index contributed by atoms with van der Waals surface area (Å²) >= 11 is 5.96. The highest BCUT2D eigenvalue weighted by atomic mass is 35.5. The lowest BCUT2D eigenvalue weighted by Crippen LogP contribution is -2.06. The van der Waals surface area contributed by atoms with Crippen molar-refractivity contribution in [3.05, 3.63) is 40.5 Å². The van der Waals surface area contributed by atoms with E-state index in [1.807, 2.05) is 28.9 Å². The van der Waals surface area contributed by atoms with E-state index in [0.717, 1.165) is 16.3 Å². The highest BCUT2D eigenvalue weighted by molar-refractivity contribution is 6.30. The highest BCUT2D eigenvalue weighted by Crippen LogP contribution is 2.42. The molecule has 1 aliphatic rings. The predicted octanol–water partition coefficient (Wildman–Crippen LogP) is 2.44.